The van der Waals surface area contributed by atoms with Crippen molar-refractivity contribution < 1.29 is 9.47 Å². The number of halogens is 1. The summed E-state index contributed by atoms with van der Waals surface area (Å²) in [6, 6.07) is 9.53. The molecule has 0 amide bonds. The van der Waals surface area contributed by atoms with Crippen molar-refractivity contribution in [2.45, 2.75) is 20.1 Å². The Morgan fingerprint density at radius 1 is 1.24 bits per heavy atom. The number of pyridine rings is 1. The molecule has 0 saturated heterocycles. The monoisotopic (exact) mass is 306 g/mol. The molecule has 2 rings (SSSR count). The van der Waals surface area contributed by atoms with Crippen LogP contribution in [-0.2, 0) is 17.9 Å². The normalized spacial score (nSPS) is 10.6. The van der Waals surface area contributed by atoms with Crippen LogP contribution in [0.1, 0.15) is 18.1 Å². The number of hydrogen-bond acceptors (Lipinski definition) is 4. The first-order chi connectivity index (χ1) is 10.2. The average molecular weight is 307 g/mol. The van der Waals surface area contributed by atoms with Gasteiger partial charge in [0.05, 0.1) is 6.61 Å². The molecule has 0 unspecified atom stereocenters. The van der Waals surface area contributed by atoms with Gasteiger partial charge in [0.15, 0.2) is 0 Å². The van der Waals surface area contributed by atoms with E-state index in [9.17, 15) is 0 Å². The summed E-state index contributed by atoms with van der Waals surface area (Å²) in [5, 5.41) is 3.73. The molecule has 4 nitrogen and oxygen atoms in total. The lowest BCUT2D eigenvalue weighted by Gasteiger charge is -2.09. The van der Waals surface area contributed by atoms with Gasteiger partial charge in [-0.25, -0.2) is 4.98 Å². The highest BCUT2D eigenvalue weighted by Gasteiger charge is 2.07. The molecular formula is C16H19ClN2O2. The minimum atomic E-state index is 0.409. The van der Waals surface area contributed by atoms with Crippen molar-refractivity contribution in [3.63, 3.8) is 0 Å². The number of ether oxygens (including phenoxy) is 2. The van der Waals surface area contributed by atoms with Crippen molar-refractivity contribution in [2.75, 3.05) is 13.7 Å². The van der Waals surface area contributed by atoms with E-state index in [1.807, 2.05) is 30.3 Å². The molecule has 0 fully saturated rings. The molecule has 0 aliphatic carbocycles. The topological polar surface area (TPSA) is 43.4 Å². The minimum absolute atomic E-state index is 0.409. The highest BCUT2D eigenvalue weighted by Crippen LogP contribution is 2.28. The van der Waals surface area contributed by atoms with Gasteiger partial charge < -0.3 is 14.8 Å². The molecule has 0 radical (unpaired) electrons. The third-order valence-corrected chi connectivity index (χ3v) is 3.14. The Kier molecular flexibility index (Phi) is 5.99. The quantitative estimate of drug-likeness (QED) is 0.845. The molecule has 0 saturated carbocycles. The molecule has 112 valence electrons. The van der Waals surface area contributed by atoms with Gasteiger partial charge >= 0.3 is 0 Å². The van der Waals surface area contributed by atoms with Crippen LogP contribution >= 0.6 is 11.6 Å². The number of nitrogens with zero attached hydrogens (tertiary/aromatic N) is 1. The molecule has 1 heterocycles. The van der Waals surface area contributed by atoms with Gasteiger partial charge in [-0.3, -0.25) is 0 Å². The van der Waals surface area contributed by atoms with E-state index in [1.165, 1.54) is 0 Å². The van der Waals surface area contributed by atoms with Gasteiger partial charge in [0, 0.05) is 19.9 Å². The van der Waals surface area contributed by atoms with Gasteiger partial charge in [-0.1, -0.05) is 30.7 Å². The zero-order valence-electron chi connectivity index (χ0n) is 12.2. The van der Waals surface area contributed by atoms with Crippen molar-refractivity contribution >= 4 is 11.6 Å². The lowest BCUT2D eigenvalue weighted by molar-refractivity contribution is 0.184. The highest BCUT2D eigenvalue weighted by atomic mass is 35.5. The van der Waals surface area contributed by atoms with Crippen molar-refractivity contribution in [3.05, 3.63) is 52.7 Å². The number of aromatic nitrogens is 1. The fraction of sp³-hybridized carbons (Fsp3) is 0.312. The Morgan fingerprint density at radius 3 is 2.81 bits per heavy atom. The Bertz CT molecular complexity index is 590. The summed E-state index contributed by atoms with van der Waals surface area (Å²) in [5.74, 6) is 1.10. The first kappa shape index (κ1) is 15.8. The van der Waals surface area contributed by atoms with Crippen molar-refractivity contribution in [1.29, 1.82) is 0 Å². The summed E-state index contributed by atoms with van der Waals surface area (Å²) in [6.07, 6.45) is 1.77. The van der Waals surface area contributed by atoms with Crippen LogP contribution in [0.3, 0.4) is 0 Å². The Labute approximate surface area is 130 Å². The molecule has 1 N–H and O–H groups in total. The molecule has 2 aromatic rings. The molecular weight excluding hydrogens is 288 g/mol. The van der Waals surface area contributed by atoms with E-state index in [4.69, 9.17) is 21.1 Å². The SMILES string of the molecule is CCNCc1cnc(Oc2cccc(COC)c2)c(Cl)c1. The second-order valence-corrected chi connectivity index (χ2v) is 5.00. The highest BCUT2D eigenvalue weighted by molar-refractivity contribution is 6.31. The first-order valence-corrected chi connectivity index (χ1v) is 7.21. The van der Waals surface area contributed by atoms with Crippen LogP contribution in [0.2, 0.25) is 5.02 Å². The molecule has 0 aliphatic heterocycles. The van der Waals surface area contributed by atoms with Gasteiger partial charge in [0.1, 0.15) is 10.8 Å². The van der Waals surface area contributed by atoms with Crippen LogP contribution < -0.4 is 10.1 Å². The maximum Gasteiger partial charge on any atom is 0.238 e. The Hall–Kier alpha value is -1.62. The lowest BCUT2D eigenvalue weighted by Crippen LogP contribution is -2.11. The Balaban J connectivity index is 2.10. The largest absolute Gasteiger partial charge is 0.438 e. The summed E-state index contributed by atoms with van der Waals surface area (Å²) >= 11 is 6.22. The van der Waals surface area contributed by atoms with Gasteiger partial charge in [-0.2, -0.15) is 0 Å². The van der Waals surface area contributed by atoms with Crippen molar-refractivity contribution in [3.8, 4) is 11.6 Å². The minimum Gasteiger partial charge on any atom is -0.438 e. The van der Waals surface area contributed by atoms with E-state index in [2.05, 4.69) is 17.2 Å². The molecule has 1 aromatic carbocycles. The summed E-state index contributed by atoms with van der Waals surface area (Å²) in [5.41, 5.74) is 2.07. The smallest absolute Gasteiger partial charge is 0.238 e. The molecule has 5 heteroatoms. The number of rotatable bonds is 7. The fourth-order valence-electron chi connectivity index (χ4n) is 1.88. The average Bonchev–Trinajstić information content (AvgIpc) is 2.48. The van der Waals surface area contributed by atoms with Gasteiger partial charge in [-0.15, -0.1) is 0 Å². The molecule has 0 atom stereocenters. The standard InChI is InChI=1S/C16H19ClN2O2/c1-3-18-9-13-8-15(17)16(19-10-13)21-14-6-4-5-12(7-14)11-20-2/h4-8,10,18H,3,9,11H2,1-2H3. The number of methoxy groups -OCH3 is 1. The van der Waals surface area contributed by atoms with Crippen LogP contribution in [0.25, 0.3) is 0 Å². The van der Waals surface area contributed by atoms with Crippen LogP contribution in [0, 0.1) is 0 Å². The third-order valence-electron chi connectivity index (χ3n) is 2.87. The predicted molar refractivity (Wildman–Crippen MR) is 83.9 cm³/mol. The zero-order chi connectivity index (χ0) is 15.1. The van der Waals surface area contributed by atoms with Crippen molar-refractivity contribution in [2.24, 2.45) is 0 Å². The van der Waals surface area contributed by atoms with Crippen LogP contribution in [-0.4, -0.2) is 18.6 Å². The zero-order valence-corrected chi connectivity index (χ0v) is 13.0. The van der Waals surface area contributed by atoms with E-state index < -0.39 is 0 Å². The molecule has 21 heavy (non-hydrogen) atoms. The molecule has 0 aliphatic rings. The fourth-order valence-corrected chi connectivity index (χ4v) is 2.11. The summed E-state index contributed by atoms with van der Waals surface area (Å²) in [7, 11) is 1.66. The number of benzene rings is 1. The predicted octanol–water partition coefficient (Wildman–Crippen LogP) is 3.78. The lowest BCUT2D eigenvalue weighted by atomic mass is 10.2. The second kappa shape index (κ2) is 7.98. The van der Waals surface area contributed by atoms with Gasteiger partial charge in [0.25, 0.3) is 0 Å². The summed E-state index contributed by atoms with van der Waals surface area (Å²) in [6.45, 7) is 4.24. The summed E-state index contributed by atoms with van der Waals surface area (Å²) in [4.78, 5) is 4.28. The first-order valence-electron chi connectivity index (χ1n) is 6.83. The van der Waals surface area contributed by atoms with E-state index in [0.717, 1.165) is 24.2 Å². The van der Waals surface area contributed by atoms with E-state index in [0.29, 0.717) is 23.3 Å². The Morgan fingerprint density at radius 2 is 2.10 bits per heavy atom. The maximum absolute atomic E-state index is 6.22. The van der Waals surface area contributed by atoms with Crippen LogP contribution in [0.5, 0.6) is 11.6 Å². The van der Waals surface area contributed by atoms with E-state index >= 15 is 0 Å². The van der Waals surface area contributed by atoms with E-state index in [1.54, 1.807) is 13.3 Å². The summed E-state index contributed by atoms with van der Waals surface area (Å²) < 4.78 is 10.8. The van der Waals surface area contributed by atoms with Gasteiger partial charge in [0.2, 0.25) is 5.88 Å². The second-order valence-electron chi connectivity index (χ2n) is 4.59. The van der Waals surface area contributed by atoms with Crippen LogP contribution in [0.4, 0.5) is 0 Å². The van der Waals surface area contributed by atoms with Crippen molar-refractivity contribution in [1.82, 2.24) is 10.3 Å². The maximum atomic E-state index is 6.22. The number of hydrogen-bond donors (Lipinski definition) is 1. The van der Waals surface area contributed by atoms with Crippen LogP contribution in [0.15, 0.2) is 36.5 Å². The molecule has 1 aromatic heterocycles. The number of nitrogens with one attached hydrogen (secondary N) is 1. The third kappa shape index (κ3) is 4.70. The van der Waals surface area contributed by atoms with E-state index in [-0.39, 0.29) is 0 Å². The molecule has 0 bridgehead atoms. The van der Waals surface area contributed by atoms with Gasteiger partial charge in [-0.05, 0) is 35.9 Å². The molecule has 0 spiro atoms.